The van der Waals surface area contributed by atoms with Crippen LogP contribution in [0.25, 0.3) is 0 Å². The molecule has 2 heterocycles. The molecule has 1 aromatic heterocycles. The van der Waals surface area contributed by atoms with E-state index < -0.39 is 5.82 Å². The van der Waals surface area contributed by atoms with Crippen LogP contribution in [0, 0.1) is 5.82 Å². The molecule has 0 unspecified atom stereocenters. The topological polar surface area (TPSA) is 67.8 Å². The maximum absolute atomic E-state index is 15.1. The first-order chi connectivity index (χ1) is 15.4. The highest BCUT2D eigenvalue weighted by Gasteiger charge is 2.28. The van der Waals surface area contributed by atoms with E-state index in [0.29, 0.717) is 44.3 Å². The Balaban J connectivity index is 1.60. The summed E-state index contributed by atoms with van der Waals surface area (Å²) in [5, 5.41) is 0. The molecule has 0 N–H and O–H groups in total. The molecule has 0 aliphatic carbocycles. The van der Waals surface area contributed by atoms with Gasteiger partial charge in [0.15, 0.2) is 11.6 Å². The molecule has 0 saturated carbocycles. The Morgan fingerprint density at radius 2 is 2.06 bits per heavy atom. The Labute approximate surface area is 189 Å². The van der Waals surface area contributed by atoms with Gasteiger partial charge in [-0.3, -0.25) is 0 Å². The van der Waals surface area contributed by atoms with Gasteiger partial charge < -0.3 is 24.1 Å². The van der Waals surface area contributed by atoms with Crippen molar-refractivity contribution in [3.8, 4) is 5.75 Å². The number of ether oxygens (including phenoxy) is 2. The lowest BCUT2D eigenvalue weighted by molar-refractivity contribution is -0.117. The molecule has 1 aromatic carbocycles. The van der Waals surface area contributed by atoms with Crippen molar-refractivity contribution in [2.75, 3.05) is 50.2 Å². The zero-order valence-corrected chi connectivity index (χ0v) is 19.4. The van der Waals surface area contributed by atoms with Crippen molar-refractivity contribution in [2.45, 2.75) is 45.1 Å². The van der Waals surface area contributed by atoms with E-state index in [-0.39, 0.29) is 17.8 Å². The van der Waals surface area contributed by atoms with Gasteiger partial charge in [0.25, 0.3) is 0 Å². The van der Waals surface area contributed by atoms with Crippen LogP contribution in [0.3, 0.4) is 0 Å². The fraction of sp³-hybridized carbons (Fsp3) is 0.542. The van der Waals surface area contributed by atoms with Gasteiger partial charge in [0.05, 0.1) is 6.54 Å². The fourth-order valence-corrected chi connectivity index (χ4v) is 4.02. The van der Waals surface area contributed by atoms with E-state index in [4.69, 9.17) is 9.47 Å². The first kappa shape index (κ1) is 23.9. The summed E-state index contributed by atoms with van der Waals surface area (Å²) in [5.41, 5.74) is 1.12. The van der Waals surface area contributed by atoms with Crippen molar-refractivity contribution in [3.05, 3.63) is 42.0 Å². The smallest absolute Gasteiger partial charge is 0.208 e. The average Bonchev–Trinajstić information content (AvgIpc) is 3.22. The molecule has 1 aliphatic heterocycles. The highest BCUT2D eigenvalue weighted by atomic mass is 19.1. The summed E-state index contributed by atoms with van der Waals surface area (Å²) < 4.78 is 26.3. The predicted molar refractivity (Wildman–Crippen MR) is 123 cm³/mol. The molecule has 0 amide bonds. The third-order valence-electron chi connectivity index (χ3n) is 5.75. The monoisotopic (exact) mass is 444 g/mol. The summed E-state index contributed by atoms with van der Waals surface area (Å²) in [5.74, 6) is 1.35. The van der Waals surface area contributed by atoms with Crippen LogP contribution in [0.1, 0.15) is 44.6 Å². The van der Waals surface area contributed by atoms with E-state index in [2.05, 4.69) is 9.97 Å². The number of rotatable bonds is 11. The number of anilines is 2. The summed E-state index contributed by atoms with van der Waals surface area (Å²) in [6.07, 6.45) is 3.47. The Bertz CT molecular complexity index is 893. The SMILES string of the molecule is COCCCN(C)c1ncnc(N2CC[C@@H](Oc3ccc([C@H](C)CC(C)=O)cc3)C2)c1F. The minimum Gasteiger partial charge on any atom is -0.489 e. The molecule has 1 aliphatic rings. The van der Waals surface area contributed by atoms with E-state index in [1.54, 1.807) is 18.9 Å². The number of hydrogen-bond acceptors (Lipinski definition) is 7. The zero-order chi connectivity index (χ0) is 23.1. The van der Waals surface area contributed by atoms with Crippen LogP contribution in [0.5, 0.6) is 5.75 Å². The Morgan fingerprint density at radius 3 is 2.75 bits per heavy atom. The molecule has 3 rings (SSSR count). The molecule has 32 heavy (non-hydrogen) atoms. The van der Waals surface area contributed by atoms with Crippen LogP contribution in [-0.2, 0) is 9.53 Å². The number of hydrogen-bond donors (Lipinski definition) is 0. The molecule has 0 radical (unpaired) electrons. The molecule has 174 valence electrons. The second-order valence-corrected chi connectivity index (χ2v) is 8.45. The summed E-state index contributed by atoms with van der Waals surface area (Å²) in [6, 6.07) is 7.89. The highest BCUT2D eigenvalue weighted by molar-refractivity contribution is 5.76. The maximum atomic E-state index is 15.1. The molecule has 2 aromatic rings. The van der Waals surface area contributed by atoms with E-state index >= 15 is 4.39 Å². The molecule has 0 bridgehead atoms. The van der Waals surface area contributed by atoms with Gasteiger partial charge in [0.2, 0.25) is 5.82 Å². The van der Waals surface area contributed by atoms with Crippen molar-refractivity contribution < 1.29 is 18.7 Å². The highest BCUT2D eigenvalue weighted by Crippen LogP contribution is 2.29. The van der Waals surface area contributed by atoms with Gasteiger partial charge in [-0.2, -0.15) is 4.39 Å². The van der Waals surface area contributed by atoms with Gasteiger partial charge in [0.1, 0.15) is 24.0 Å². The number of benzene rings is 1. The van der Waals surface area contributed by atoms with Gasteiger partial charge in [-0.25, -0.2) is 9.97 Å². The maximum Gasteiger partial charge on any atom is 0.208 e. The normalized spacial score (nSPS) is 16.8. The molecule has 2 atom stereocenters. The van der Waals surface area contributed by atoms with E-state index in [1.165, 1.54) is 6.33 Å². The minimum atomic E-state index is -0.406. The second-order valence-electron chi connectivity index (χ2n) is 8.45. The summed E-state index contributed by atoms with van der Waals surface area (Å²) in [6.45, 7) is 6.15. The Kier molecular flexibility index (Phi) is 8.39. The molecule has 1 saturated heterocycles. The van der Waals surface area contributed by atoms with Crippen LogP contribution < -0.4 is 14.5 Å². The Hall–Kier alpha value is -2.74. The number of nitrogens with zero attached hydrogens (tertiary/aromatic N) is 4. The van der Waals surface area contributed by atoms with E-state index in [1.807, 2.05) is 43.1 Å². The minimum absolute atomic E-state index is 0.0484. The number of Topliss-reactive ketones (excluding diaryl/α,β-unsaturated/α-hetero) is 1. The molecule has 8 heteroatoms. The van der Waals surface area contributed by atoms with Crippen LogP contribution >= 0.6 is 0 Å². The third kappa shape index (κ3) is 6.16. The summed E-state index contributed by atoms with van der Waals surface area (Å²) in [4.78, 5) is 23.4. The number of ketones is 1. The lowest BCUT2D eigenvalue weighted by Gasteiger charge is -2.23. The van der Waals surface area contributed by atoms with Crippen molar-refractivity contribution in [3.63, 3.8) is 0 Å². The molecule has 7 nitrogen and oxygen atoms in total. The molecular weight excluding hydrogens is 411 g/mol. The largest absolute Gasteiger partial charge is 0.489 e. The number of carbonyl (C=O) groups excluding carboxylic acids is 1. The van der Waals surface area contributed by atoms with Crippen molar-refractivity contribution in [1.29, 1.82) is 0 Å². The Morgan fingerprint density at radius 1 is 1.31 bits per heavy atom. The number of aromatic nitrogens is 2. The zero-order valence-electron chi connectivity index (χ0n) is 19.4. The lowest BCUT2D eigenvalue weighted by atomic mass is 9.96. The van der Waals surface area contributed by atoms with Crippen LogP contribution in [0.15, 0.2) is 30.6 Å². The fourth-order valence-electron chi connectivity index (χ4n) is 4.02. The first-order valence-corrected chi connectivity index (χ1v) is 11.1. The molecule has 0 spiro atoms. The van der Waals surface area contributed by atoms with Gasteiger partial charge >= 0.3 is 0 Å². The standard InChI is InChI=1S/C24H33FN4O3/c1-17(14-18(2)30)19-6-8-20(9-7-19)32-21-10-12-29(15-21)24-22(25)23(26-16-27-24)28(3)11-5-13-31-4/h6-9,16-17,21H,5,10-15H2,1-4H3/t17-,21-/m1/s1. The van der Waals surface area contributed by atoms with E-state index in [0.717, 1.165) is 24.2 Å². The van der Waals surface area contributed by atoms with Crippen LogP contribution in [0.4, 0.5) is 16.0 Å². The van der Waals surface area contributed by atoms with Crippen LogP contribution in [0.2, 0.25) is 0 Å². The van der Waals surface area contributed by atoms with Gasteiger partial charge in [-0.15, -0.1) is 0 Å². The number of methoxy groups -OCH3 is 1. The van der Waals surface area contributed by atoms with Gasteiger partial charge in [-0.1, -0.05) is 19.1 Å². The first-order valence-electron chi connectivity index (χ1n) is 11.1. The van der Waals surface area contributed by atoms with Crippen molar-refractivity contribution >= 4 is 17.4 Å². The molecular formula is C24H33FN4O3. The number of carbonyl (C=O) groups is 1. The third-order valence-corrected chi connectivity index (χ3v) is 5.75. The quantitative estimate of drug-likeness (QED) is 0.488. The van der Waals surface area contributed by atoms with Crippen molar-refractivity contribution in [2.24, 2.45) is 0 Å². The predicted octanol–water partition coefficient (Wildman–Crippen LogP) is 3.83. The van der Waals surface area contributed by atoms with Crippen LogP contribution in [-0.4, -0.2) is 62.3 Å². The lowest BCUT2D eigenvalue weighted by Crippen LogP contribution is -2.28. The second kappa shape index (κ2) is 11.2. The van der Waals surface area contributed by atoms with Gasteiger partial charge in [0, 0.05) is 46.7 Å². The van der Waals surface area contributed by atoms with Crippen molar-refractivity contribution in [1.82, 2.24) is 9.97 Å². The number of halogens is 1. The average molecular weight is 445 g/mol. The van der Waals surface area contributed by atoms with Gasteiger partial charge in [-0.05, 0) is 37.0 Å². The summed E-state index contributed by atoms with van der Waals surface area (Å²) in [7, 11) is 3.47. The summed E-state index contributed by atoms with van der Waals surface area (Å²) >= 11 is 0. The molecule has 1 fully saturated rings. The van der Waals surface area contributed by atoms with E-state index in [9.17, 15) is 4.79 Å².